The van der Waals surface area contributed by atoms with Crippen LogP contribution in [0.4, 0.5) is 0 Å². The van der Waals surface area contributed by atoms with E-state index in [-0.39, 0.29) is 30.5 Å². The van der Waals surface area contributed by atoms with Crippen LogP contribution in [-0.4, -0.2) is 61.7 Å². The quantitative estimate of drug-likeness (QED) is 0.148. The number of piperidine rings is 1. The lowest BCUT2D eigenvalue weighted by Gasteiger charge is -2.49. The van der Waals surface area contributed by atoms with Crippen molar-refractivity contribution in [2.45, 2.75) is 69.7 Å². The van der Waals surface area contributed by atoms with Gasteiger partial charge >= 0.3 is 0 Å². The van der Waals surface area contributed by atoms with Crippen molar-refractivity contribution in [3.05, 3.63) is 144 Å². The molecule has 236 valence electrons. The van der Waals surface area contributed by atoms with Crippen LogP contribution in [0.15, 0.2) is 121 Å². The van der Waals surface area contributed by atoms with Gasteiger partial charge in [0.25, 0.3) is 0 Å². The maximum absolute atomic E-state index is 6.89. The molecular weight excluding hydrogens is 562 g/mol. The Bertz CT molecular complexity index is 1370. The first-order valence-corrected chi connectivity index (χ1v) is 16.3. The summed E-state index contributed by atoms with van der Waals surface area (Å²) in [5.74, 6) is 0. The minimum absolute atomic E-state index is 0.0426. The third kappa shape index (κ3) is 9.33. The Balaban J connectivity index is 1.28. The van der Waals surface area contributed by atoms with E-state index in [1.54, 1.807) is 0 Å². The molecule has 0 radical (unpaired) electrons. The third-order valence-corrected chi connectivity index (χ3v) is 8.69. The first-order valence-electron chi connectivity index (χ1n) is 16.3. The number of likely N-dealkylation sites (tertiary alicyclic amines) is 1. The van der Waals surface area contributed by atoms with Crippen molar-refractivity contribution in [3.8, 4) is 0 Å². The molecule has 2 aliphatic rings. The Hall–Kier alpha value is -3.36. The van der Waals surface area contributed by atoms with Crippen LogP contribution in [0.3, 0.4) is 0 Å². The molecule has 2 fully saturated rings. The first kappa shape index (κ1) is 31.6. The average molecular weight is 608 g/mol. The SMILES string of the molecule is c1ccc(COC[C@@H]2[C@@H](OCc3ccccc3)[C@H](OCc3ccccc3)[C@@H](OCc3ccccc3)CN2C[C@@H]2CCCO2)cc1. The zero-order chi connectivity index (χ0) is 30.5. The second-order valence-electron chi connectivity index (χ2n) is 12.0. The number of rotatable bonds is 15. The van der Waals surface area contributed by atoms with Gasteiger partial charge in [-0.15, -0.1) is 0 Å². The van der Waals surface area contributed by atoms with E-state index in [1.807, 2.05) is 24.3 Å². The largest absolute Gasteiger partial charge is 0.377 e. The lowest BCUT2D eigenvalue weighted by molar-refractivity contribution is -0.213. The van der Waals surface area contributed by atoms with Crippen molar-refractivity contribution in [1.82, 2.24) is 4.90 Å². The van der Waals surface area contributed by atoms with Gasteiger partial charge in [0.15, 0.2) is 0 Å². The average Bonchev–Trinajstić information content (AvgIpc) is 3.61. The summed E-state index contributed by atoms with van der Waals surface area (Å²) in [7, 11) is 0. The molecule has 6 nitrogen and oxygen atoms in total. The molecule has 45 heavy (non-hydrogen) atoms. The lowest BCUT2D eigenvalue weighted by Crippen LogP contribution is -2.65. The smallest absolute Gasteiger partial charge is 0.113 e. The van der Waals surface area contributed by atoms with Crippen LogP contribution in [0, 0.1) is 0 Å². The van der Waals surface area contributed by atoms with E-state index in [2.05, 4.69) is 102 Å². The molecule has 0 saturated carbocycles. The Kier molecular flexibility index (Phi) is 11.8. The van der Waals surface area contributed by atoms with Gasteiger partial charge < -0.3 is 23.7 Å². The van der Waals surface area contributed by atoms with Crippen molar-refractivity contribution in [2.24, 2.45) is 0 Å². The highest BCUT2D eigenvalue weighted by Gasteiger charge is 2.46. The van der Waals surface area contributed by atoms with Gasteiger partial charge in [0, 0.05) is 19.7 Å². The number of benzene rings is 4. The van der Waals surface area contributed by atoms with Gasteiger partial charge in [0.2, 0.25) is 0 Å². The van der Waals surface area contributed by atoms with Gasteiger partial charge in [-0.05, 0) is 35.1 Å². The van der Waals surface area contributed by atoms with Crippen LogP contribution in [-0.2, 0) is 50.1 Å². The van der Waals surface area contributed by atoms with E-state index in [1.165, 1.54) is 0 Å². The summed E-state index contributed by atoms with van der Waals surface area (Å²) in [6.45, 7) is 4.84. The van der Waals surface area contributed by atoms with Crippen LogP contribution >= 0.6 is 0 Å². The molecule has 2 heterocycles. The van der Waals surface area contributed by atoms with E-state index < -0.39 is 0 Å². The molecule has 4 aromatic carbocycles. The Morgan fingerprint density at radius 1 is 0.578 bits per heavy atom. The third-order valence-electron chi connectivity index (χ3n) is 8.69. The van der Waals surface area contributed by atoms with E-state index >= 15 is 0 Å². The highest BCUT2D eigenvalue weighted by atomic mass is 16.6. The molecule has 0 N–H and O–H groups in total. The summed E-state index contributed by atoms with van der Waals surface area (Å²) in [4.78, 5) is 2.48. The molecule has 6 rings (SSSR count). The maximum Gasteiger partial charge on any atom is 0.113 e. The van der Waals surface area contributed by atoms with Crippen LogP contribution in [0.2, 0.25) is 0 Å². The minimum atomic E-state index is -0.302. The zero-order valence-electron chi connectivity index (χ0n) is 26.0. The molecular formula is C39H45NO5. The molecule has 2 saturated heterocycles. The van der Waals surface area contributed by atoms with Gasteiger partial charge in [0.05, 0.1) is 51.3 Å². The predicted octanol–water partition coefficient (Wildman–Crippen LogP) is 6.82. The molecule has 2 aliphatic heterocycles. The fourth-order valence-electron chi connectivity index (χ4n) is 6.31. The topological polar surface area (TPSA) is 49.4 Å². The number of hydrogen-bond donors (Lipinski definition) is 0. The molecule has 6 heteroatoms. The monoisotopic (exact) mass is 607 g/mol. The summed E-state index contributed by atoms with van der Waals surface area (Å²) >= 11 is 0. The van der Waals surface area contributed by atoms with Crippen LogP contribution in [0.1, 0.15) is 35.1 Å². The van der Waals surface area contributed by atoms with Crippen LogP contribution in [0.5, 0.6) is 0 Å². The van der Waals surface area contributed by atoms with Gasteiger partial charge in [-0.2, -0.15) is 0 Å². The lowest BCUT2D eigenvalue weighted by atomic mass is 9.92. The summed E-state index contributed by atoms with van der Waals surface area (Å²) in [5.41, 5.74) is 4.54. The van der Waals surface area contributed by atoms with Crippen molar-refractivity contribution in [2.75, 3.05) is 26.3 Å². The van der Waals surface area contributed by atoms with Gasteiger partial charge in [-0.1, -0.05) is 121 Å². The summed E-state index contributed by atoms with van der Waals surface area (Å²) in [6.07, 6.45) is 1.55. The number of nitrogens with zero attached hydrogens (tertiary/aromatic N) is 1. The predicted molar refractivity (Wildman–Crippen MR) is 175 cm³/mol. The zero-order valence-corrected chi connectivity index (χ0v) is 26.0. The molecule has 0 aromatic heterocycles. The Labute approximate surface area is 267 Å². The minimum Gasteiger partial charge on any atom is -0.377 e. The Morgan fingerprint density at radius 2 is 1.07 bits per heavy atom. The first-order chi connectivity index (χ1) is 22.3. The standard InChI is InChI=1S/C39H45NO5/c1-5-14-31(15-6-1)26-41-30-36-38(44-28-33-18-9-3-10-19-33)39(45-29-34-20-11-4-12-21-34)37(43-27-32-16-7-2-8-17-32)25-40(36)24-35-22-13-23-42-35/h1-12,14-21,35-39H,13,22-30H2/t35-,36+,37-,38+,39+/m0/s1. The van der Waals surface area contributed by atoms with Crippen LogP contribution in [0.25, 0.3) is 0 Å². The van der Waals surface area contributed by atoms with Gasteiger partial charge in [-0.3, -0.25) is 4.90 Å². The van der Waals surface area contributed by atoms with Crippen molar-refractivity contribution in [3.63, 3.8) is 0 Å². The second-order valence-corrected chi connectivity index (χ2v) is 12.0. The normalized spacial score (nSPS) is 23.7. The Morgan fingerprint density at radius 3 is 1.58 bits per heavy atom. The molecule has 5 atom stereocenters. The molecule has 0 spiro atoms. The van der Waals surface area contributed by atoms with E-state index in [0.717, 1.165) is 48.2 Å². The summed E-state index contributed by atoms with van der Waals surface area (Å²) < 4.78 is 33.1. The second kappa shape index (κ2) is 16.8. The van der Waals surface area contributed by atoms with Gasteiger partial charge in [0.1, 0.15) is 12.2 Å². The fraction of sp³-hybridized carbons (Fsp3) is 0.385. The summed E-state index contributed by atoms with van der Waals surface area (Å²) in [6, 6.07) is 41.4. The maximum atomic E-state index is 6.89. The number of hydrogen-bond acceptors (Lipinski definition) is 6. The molecule has 0 aliphatic carbocycles. The van der Waals surface area contributed by atoms with Crippen LogP contribution < -0.4 is 0 Å². The molecule has 4 aromatic rings. The highest BCUT2D eigenvalue weighted by Crippen LogP contribution is 2.30. The van der Waals surface area contributed by atoms with E-state index in [0.29, 0.717) is 39.6 Å². The highest BCUT2D eigenvalue weighted by molar-refractivity contribution is 5.16. The molecule has 0 unspecified atom stereocenters. The van der Waals surface area contributed by atoms with E-state index in [4.69, 9.17) is 23.7 Å². The summed E-state index contributed by atoms with van der Waals surface area (Å²) in [5, 5.41) is 0. The number of ether oxygens (including phenoxy) is 5. The fourth-order valence-corrected chi connectivity index (χ4v) is 6.31. The van der Waals surface area contributed by atoms with Crippen molar-refractivity contribution in [1.29, 1.82) is 0 Å². The molecule has 0 bridgehead atoms. The van der Waals surface area contributed by atoms with Crippen molar-refractivity contribution < 1.29 is 23.7 Å². The van der Waals surface area contributed by atoms with E-state index in [9.17, 15) is 0 Å². The molecule has 0 amide bonds. The van der Waals surface area contributed by atoms with Gasteiger partial charge in [-0.25, -0.2) is 0 Å². The van der Waals surface area contributed by atoms with Crippen molar-refractivity contribution >= 4 is 0 Å².